The Bertz CT molecular complexity index is 345. The van der Waals surface area contributed by atoms with Crippen molar-refractivity contribution in [3.05, 3.63) is 29.3 Å². The van der Waals surface area contributed by atoms with Gasteiger partial charge in [0.2, 0.25) is 0 Å². The van der Waals surface area contributed by atoms with E-state index in [0.717, 1.165) is 30.5 Å². The standard InChI is InChI=1S/C12H15F3O/c1-3-4-7-16-11-8-10(12(13,14)15)6-5-9(11)2/h5-6,8H,3-4,7H2,1-2H3. The summed E-state index contributed by atoms with van der Waals surface area (Å²) in [7, 11) is 0. The van der Waals surface area contributed by atoms with Crippen molar-refractivity contribution in [1.29, 1.82) is 0 Å². The van der Waals surface area contributed by atoms with Gasteiger partial charge in [-0.25, -0.2) is 0 Å². The van der Waals surface area contributed by atoms with Gasteiger partial charge in [0, 0.05) is 0 Å². The van der Waals surface area contributed by atoms with Gasteiger partial charge in [0.25, 0.3) is 0 Å². The first kappa shape index (κ1) is 12.9. The molecule has 1 aromatic rings. The highest BCUT2D eigenvalue weighted by Gasteiger charge is 2.30. The van der Waals surface area contributed by atoms with Crippen molar-refractivity contribution in [2.75, 3.05) is 6.61 Å². The predicted molar refractivity (Wildman–Crippen MR) is 56.6 cm³/mol. The average Bonchev–Trinajstić information content (AvgIpc) is 2.19. The summed E-state index contributed by atoms with van der Waals surface area (Å²) < 4.78 is 42.6. The van der Waals surface area contributed by atoms with Crippen molar-refractivity contribution in [2.45, 2.75) is 32.9 Å². The maximum absolute atomic E-state index is 12.4. The number of unbranched alkanes of at least 4 members (excludes halogenated alkanes) is 1. The Hall–Kier alpha value is -1.19. The van der Waals surface area contributed by atoms with E-state index >= 15 is 0 Å². The van der Waals surface area contributed by atoms with Crippen molar-refractivity contribution < 1.29 is 17.9 Å². The minimum absolute atomic E-state index is 0.322. The molecular formula is C12H15F3O. The van der Waals surface area contributed by atoms with Crippen LogP contribution in [0.5, 0.6) is 5.75 Å². The first-order chi connectivity index (χ1) is 7.45. The second-order valence-corrected chi connectivity index (χ2v) is 3.68. The van der Waals surface area contributed by atoms with Crippen LogP contribution in [0.2, 0.25) is 0 Å². The van der Waals surface area contributed by atoms with Crippen molar-refractivity contribution in [2.24, 2.45) is 0 Å². The van der Waals surface area contributed by atoms with Gasteiger partial charge in [0.1, 0.15) is 5.75 Å². The largest absolute Gasteiger partial charge is 0.493 e. The van der Waals surface area contributed by atoms with E-state index in [-0.39, 0.29) is 0 Å². The van der Waals surface area contributed by atoms with Crippen LogP contribution in [0.3, 0.4) is 0 Å². The number of rotatable bonds is 4. The number of halogens is 3. The number of hydrogen-bond donors (Lipinski definition) is 0. The van der Waals surface area contributed by atoms with E-state index in [1.54, 1.807) is 6.92 Å². The summed E-state index contributed by atoms with van der Waals surface area (Å²) >= 11 is 0. The van der Waals surface area contributed by atoms with Gasteiger partial charge < -0.3 is 4.74 Å². The summed E-state index contributed by atoms with van der Waals surface area (Å²) in [6.45, 7) is 4.20. The minimum atomic E-state index is -4.31. The quantitative estimate of drug-likeness (QED) is 0.707. The first-order valence-electron chi connectivity index (χ1n) is 5.25. The zero-order valence-corrected chi connectivity index (χ0v) is 9.40. The normalized spacial score (nSPS) is 11.6. The molecule has 0 aromatic heterocycles. The summed E-state index contributed by atoms with van der Waals surface area (Å²) in [5, 5.41) is 0. The van der Waals surface area contributed by atoms with Crippen LogP contribution in [0, 0.1) is 6.92 Å². The molecule has 16 heavy (non-hydrogen) atoms. The molecule has 1 aromatic carbocycles. The van der Waals surface area contributed by atoms with Crippen molar-refractivity contribution >= 4 is 0 Å². The molecule has 0 N–H and O–H groups in total. The van der Waals surface area contributed by atoms with Crippen molar-refractivity contribution in [1.82, 2.24) is 0 Å². The molecule has 0 aliphatic rings. The van der Waals surface area contributed by atoms with Crippen LogP contribution >= 0.6 is 0 Å². The fourth-order valence-corrected chi connectivity index (χ4v) is 1.26. The smallest absolute Gasteiger partial charge is 0.416 e. The van der Waals surface area contributed by atoms with Crippen molar-refractivity contribution in [3.63, 3.8) is 0 Å². The maximum Gasteiger partial charge on any atom is 0.416 e. The number of ether oxygens (including phenoxy) is 1. The third kappa shape index (κ3) is 3.43. The molecule has 4 heteroatoms. The second kappa shape index (κ2) is 5.23. The molecule has 1 rings (SSSR count). The van der Waals surface area contributed by atoms with Crippen LogP contribution in [0.1, 0.15) is 30.9 Å². The zero-order valence-electron chi connectivity index (χ0n) is 9.40. The molecule has 90 valence electrons. The topological polar surface area (TPSA) is 9.23 Å². The number of alkyl halides is 3. The van der Waals surface area contributed by atoms with Crippen LogP contribution < -0.4 is 4.74 Å². The second-order valence-electron chi connectivity index (χ2n) is 3.68. The SMILES string of the molecule is CCCCOc1cc(C(F)(F)F)ccc1C. The summed E-state index contributed by atoms with van der Waals surface area (Å²) in [5.41, 5.74) is 0.0636. The van der Waals surface area contributed by atoms with Gasteiger partial charge in [0.15, 0.2) is 0 Å². The van der Waals surface area contributed by atoms with Crippen LogP contribution in [-0.2, 0) is 6.18 Å². The zero-order chi connectivity index (χ0) is 12.2. The third-order valence-electron chi connectivity index (χ3n) is 2.27. The summed E-state index contributed by atoms with van der Waals surface area (Å²) in [4.78, 5) is 0. The summed E-state index contributed by atoms with van der Waals surface area (Å²) in [6.07, 6.45) is -2.51. The van der Waals surface area contributed by atoms with Crippen LogP contribution in [0.25, 0.3) is 0 Å². The van der Waals surface area contributed by atoms with E-state index in [0.29, 0.717) is 12.4 Å². The highest BCUT2D eigenvalue weighted by molar-refractivity contribution is 5.37. The highest BCUT2D eigenvalue weighted by Crippen LogP contribution is 2.32. The van der Waals surface area contributed by atoms with Gasteiger partial charge in [0.05, 0.1) is 12.2 Å². The van der Waals surface area contributed by atoms with Crippen molar-refractivity contribution in [3.8, 4) is 5.75 Å². The molecule has 1 nitrogen and oxygen atoms in total. The lowest BCUT2D eigenvalue weighted by Crippen LogP contribution is -2.06. The van der Waals surface area contributed by atoms with Gasteiger partial charge in [-0.15, -0.1) is 0 Å². The Morgan fingerprint density at radius 1 is 1.25 bits per heavy atom. The van der Waals surface area contributed by atoms with Gasteiger partial charge >= 0.3 is 6.18 Å². The molecule has 0 saturated heterocycles. The Morgan fingerprint density at radius 2 is 1.94 bits per heavy atom. The molecule has 0 aliphatic carbocycles. The third-order valence-corrected chi connectivity index (χ3v) is 2.27. The molecule has 0 unspecified atom stereocenters. The van der Waals surface area contributed by atoms with E-state index in [1.165, 1.54) is 6.07 Å². The van der Waals surface area contributed by atoms with Crippen LogP contribution in [0.15, 0.2) is 18.2 Å². The summed E-state index contributed by atoms with van der Waals surface area (Å²) in [6, 6.07) is 3.57. The highest BCUT2D eigenvalue weighted by atomic mass is 19.4. The molecule has 0 spiro atoms. The molecular weight excluding hydrogens is 217 g/mol. The molecule has 0 radical (unpaired) electrons. The number of hydrogen-bond acceptors (Lipinski definition) is 1. The molecule has 0 aliphatic heterocycles. The lowest BCUT2D eigenvalue weighted by atomic mass is 10.1. The molecule has 0 heterocycles. The lowest BCUT2D eigenvalue weighted by Gasteiger charge is -2.12. The first-order valence-corrected chi connectivity index (χ1v) is 5.25. The van der Waals surface area contributed by atoms with Gasteiger partial charge in [-0.2, -0.15) is 13.2 Å². The predicted octanol–water partition coefficient (Wildman–Crippen LogP) is 4.19. The average molecular weight is 232 g/mol. The molecule has 0 saturated carbocycles. The van der Waals surface area contributed by atoms with E-state index in [2.05, 4.69) is 0 Å². The molecule has 0 bridgehead atoms. The van der Waals surface area contributed by atoms with E-state index in [9.17, 15) is 13.2 Å². The lowest BCUT2D eigenvalue weighted by molar-refractivity contribution is -0.137. The van der Waals surface area contributed by atoms with Gasteiger partial charge in [-0.05, 0) is 31.0 Å². The molecule has 0 amide bonds. The van der Waals surface area contributed by atoms with E-state index < -0.39 is 11.7 Å². The molecule has 0 atom stereocenters. The monoisotopic (exact) mass is 232 g/mol. The number of benzene rings is 1. The Morgan fingerprint density at radius 3 is 2.50 bits per heavy atom. The molecule has 0 fully saturated rings. The van der Waals surface area contributed by atoms with Crippen LogP contribution in [-0.4, -0.2) is 6.61 Å². The number of aryl methyl sites for hydroxylation is 1. The van der Waals surface area contributed by atoms with Gasteiger partial charge in [-0.3, -0.25) is 0 Å². The Balaban J connectivity index is 2.83. The van der Waals surface area contributed by atoms with E-state index in [4.69, 9.17) is 4.74 Å². The Kier molecular flexibility index (Phi) is 4.21. The minimum Gasteiger partial charge on any atom is -0.493 e. The maximum atomic E-state index is 12.4. The fourth-order valence-electron chi connectivity index (χ4n) is 1.26. The fraction of sp³-hybridized carbons (Fsp3) is 0.500. The van der Waals surface area contributed by atoms with E-state index in [1.807, 2.05) is 6.92 Å². The van der Waals surface area contributed by atoms with Gasteiger partial charge in [-0.1, -0.05) is 19.4 Å². The van der Waals surface area contributed by atoms with Crippen LogP contribution in [0.4, 0.5) is 13.2 Å². The summed E-state index contributed by atoms with van der Waals surface area (Å²) in [5.74, 6) is 0.322. The Labute approximate surface area is 93.2 Å².